The number of aliphatic hydroxyl groups excluding tert-OH is 1. The van der Waals surface area contributed by atoms with Gasteiger partial charge in [-0.15, -0.1) is 0 Å². The molecular weight excluding hydrogens is 204 g/mol. The topological polar surface area (TPSA) is 118 Å². The summed E-state index contributed by atoms with van der Waals surface area (Å²) in [4.78, 5) is 10.3. The smallest absolute Gasteiger partial charge is 0.332 e. The molecule has 0 fully saturated rings. The summed E-state index contributed by atoms with van der Waals surface area (Å²) in [6.07, 6.45) is -2.02. The molecule has 6 nitrogen and oxygen atoms in total. The first-order valence-electron chi connectivity index (χ1n) is 4.06. The number of aliphatic hydroxyl groups is 1. The molecule has 0 aromatic heterocycles. The number of hydrogen-bond acceptors (Lipinski definition) is 5. The molecule has 0 spiro atoms. The van der Waals surface area contributed by atoms with Gasteiger partial charge in [0.25, 0.3) is 0 Å². The third-order valence-electron chi connectivity index (χ3n) is 1.87. The zero-order valence-electron chi connectivity index (χ0n) is 7.58. The molecule has 0 aliphatic rings. The molecule has 1 atom stereocenters. The fourth-order valence-corrected chi connectivity index (χ4v) is 1.07. The number of benzene rings is 1. The van der Waals surface area contributed by atoms with E-state index in [1.807, 2.05) is 0 Å². The van der Waals surface area contributed by atoms with Crippen LogP contribution in [0.2, 0.25) is 0 Å². The second-order valence-electron chi connectivity index (χ2n) is 3.03. The molecule has 0 radical (unpaired) electrons. The number of aliphatic carboxylic acids is 1. The van der Waals surface area contributed by atoms with Gasteiger partial charge in [0.05, 0.1) is 0 Å². The zero-order valence-corrected chi connectivity index (χ0v) is 7.58. The number of rotatable bonds is 3. The van der Waals surface area contributed by atoms with Crippen molar-refractivity contribution in [3.63, 3.8) is 0 Å². The summed E-state index contributed by atoms with van der Waals surface area (Å²) < 4.78 is 0. The van der Waals surface area contributed by atoms with Gasteiger partial charge in [0.15, 0.2) is 17.6 Å². The number of carbonyl (C=O) groups is 1. The Morgan fingerprint density at radius 3 is 2.20 bits per heavy atom. The average molecular weight is 214 g/mol. The van der Waals surface area contributed by atoms with Crippen LogP contribution in [0, 0.1) is 0 Å². The van der Waals surface area contributed by atoms with E-state index in [0.29, 0.717) is 0 Å². The van der Waals surface area contributed by atoms with Gasteiger partial charge < -0.3 is 25.5 Å². The van der Waals surface area contributed by atoms with Crippen molar-refractivity contribution in [1.82, 2.24) is 0 Å². The number of hydrogen-bond donors (Lipinski definition) is 5. The van der Waals surface area contributed by atoms with Gasteiger partial charge in [-0.2, -0.15) is 0 Å². The van der Waals surface area contributed by atoms with Crippen LogP contribution in [0.5, 0.6) is 17.2 Å². The molecule has 15 heavy (non-hydrogen) atoms. The van der Waals surface area contributed by atoms with E-state index in [0.717, 1.165) is 12.1 Å². The Morgan fingerprint density at radius 1 is 1.13 bits per heavy atom. The highest BCUT2D eigenvalue weighted by molar-refractivity contribution is 5.72. The minimum absolute atomic E-state index is 0.0419. The predicted molar refractivity (Wildman–Crippen MR) is 48.8 cm³/mol. The van der Waals surface area contributed by atoms with E-state index in [1.165, 1.54) is 0 Å². The Labute approximate surface area is 84.7 Å². The van der Waals surface area contributed by atoms with E-state index in [-0.39, 0.29) is 17.7 Å². The van der Waals surface area contributed by atoms with E-state index < -0.39 is 23.6 Å². The third-order valence-corrected chi connectivity index (χ3v) is 1.87. The zero-order chi connectivity index (χ0) is 11.6. The molecule has 0 bridgehead atoms. The van der Waals surface area contributed by atoms with Gasteiger partial charge in [-0.1, -0.05) is 0 Å². The van der Waals surface area contributed by atoms with Crippen molar-refractivity contribution in [3.8, 4) is 17.2 Å². The van der Waals surface area contributed by atoms with Gasteiger partial charge in [-0.05, 0) is 6.07 Å². The van der Waals surface area contributed by atoms with Gasteiger partial charge in [0.2, 0.25) is 0 Å². The van der Waals surface area contributed by atoms with Gasteiger partial charge in [0.1, 0.15) is 5.75 Å². The van der Waals surface area contributed by atoms with Gasteiger partial charge in [-0.3, -0.25) is 0 Å². The molecule has 1 unspecified atom stereocenters. The van der Waals surface area contributed by atoms with Crippen molar-refractivity contribution >= 4 is 5.97 Å². The summed E-state index contributed by atoms with van der Waals surface area (Å²) in [6, 6.07) is 1.87. The maximum absolute atomic E-state index is 10.3. The molecule has 5 N–H and O–H groups in total. The molecular formula is C9H10O6. The number of phenols is 3. The standard InChI is InChI=1S/C9H10O6/c10-5-3-7(12)6(11)1-4(5)2-8(13)9(14)15/h1,3,8,10-13H,2H2,(H,14,15). The summed E-state index contributed by atoms with van der Waals surface area (Å²) in [7, 11) is 0. The summed E-state index contributed by atoms with van der Waals surface area (Å²) in [5.41, 5.74) is 0.0419. The lowest BCUT2D eigenvalue weighted by Gasteiger charge is -2.08. The first kappa shape index (κ1) is 11.1. The first-order chi connectivity index (χ1) is 6.91. The number of carboxylic acids is 1. The van der Waals surface area contributed by atoms with E-state index >= 15 is 0 Å². The van der Waals surface area contributed by atoms with E-state index in [4.69, 9.17) is 20.4 Å². The van der Waals surface area contributed by atoms with Crippen LogP contribution in [0.25, 0.3) is 0 Å². The van der Waals surface area contributed by atoms with Crippen molar-refractivity contribution in [2.75, 3.05) is 0 Å². The SMILES string of the molecule is O=C(O)C(O)Cc1cc(O)c(O)cc1O. The second-order valence-corrected chi connectivity index (χ2v) is 3.03. The van der Waals surface area contributed by atoms with Crippen LogP contribution in [0.4, 0.5) is 0 Å². The highest BCUT2D eigenvalue weighted by atomic mass is 16.4. The Morgan fingerprint density at radius 2 is 1.67 bits per heavy atom. The molecule has 1 aromatic rings. The molecule has 0 aliphatic carbocycles. The fourth-order valence-electron chi connectivity index (χ4n) is 1.07. The monoisotopic (exact) mass is 214 g/mol. The molecule has 1 aromatic carbocycles. The summed E-state index contributed by atoms with van der Waals surface area (Å²) in [5, 5.41) is 44.8. The highest BCUT2D eigenvalue weighted by Gasteiger charge is 2.17. The Kier molecular flexibility index (Phi) is 3.01. The van der Waals surface area contributed by atoms with Gasteiger partial charge in [-0.25, -0.2) is 4.79 Å². The number of aromatic hydroxyl groups is 3. The van der Waals surface area contributed by atoms with Gasteiger partial charge >= 0.3 is 5.97 Å². The quantitative estimate of drug-likeness (QED) is 0.351. The third kappa shape index (κ3) is 2.50. The Balaban J connectivity index is 2.95. The van der Waals surface area contributed by atoms with Crippen molar-refractivity contribution in [3.05, 3.63) is 17.7 Å². The Bertz CT molecular complexity index is 386. The predicted octanol–water partition coefficient (Wildman–Crippen LogP) is -0.209. The van der Waals surface area contributed by atoms with Gasteiger partial charge in [0, 0.05) is 18.1 Å². The summed E-state index contributed by atoms with van der Waals surface area (Å²) in [5.74, 6) is -2.81. The maximum Gasteiger partial charge on any atom is 0.332 e. The van der Waals surface area contributed by atoms with Crippen LogP contribution in [-0.4, -0.2) is 37.6 Å². The summed E-state index contributed by atoms with van der Waals surface area (Å²) in [6.45, 7) is 0. The number of phenolic OH excluding ortho intramolecular Hbond substituents is 3. The van der Waals surface area contributed by atoms with E-state index in [2.05, 4.69) is 0 Å². The molecule has 1 rings (SSSR count). The highest BCUT2D eigenvalue weighted by Crippen LogP contribution is 2.32. The van der Waals surface area contributed by atoms with Crippen LogP contribution < -0.4 is 0 Å². The molecule has 0 saturated carbocycles. The first-order valence-corrected chi connectivity index (χ1v) is 4.06. The van der Waals surface area contributed by atoms with Crippen LogP contribution in [-0.2, 0) is 11.2 Å². The minimum atomic E-state index is -1.67. The molecule has 6 heteroatoms. The molecule has 0 aliphatic heterocycles. The molecule has 0 amide bonds. The Hall–Kier alpha value is -1.95. The number of carboxylic acid groups (broad SMARTS) is 1. The van der Waals surface area contributed by atoms with E-state index in [1.54, 1.807) is 0 Å². The lowest BCUT2D eigenvalue weighted by Crippen LogP contribution is -2.21. The minimum Gasteiger partial charge on any atom is -0.508 e. The van der Waals surface area contributed by atoms with Crippen LogP contribution in [0.1, 0.15) is 5.56 Å². The van der Waals surface area contributed by atoms with Crippen molar-refractivity contribution in [2.45, 2.75) is 12.5 Å². The largest absolute Gasteiger partial charge is 0.508 e. The molecule has 82 valence electrons. The van der Waals surface area contributed by atoms with Crippen LogP contribution in [0.15, 0.2) is 12.1 Å². The fraction of sp³-hybridized carbons (Fsp3) is 0.222. The lowest BCUT2D eigenvalue weighted by molar-refractivity contribution is -0.146. The normalized spacial score (nSPS) is 12.3. The summed E-state index contributed by atoms with van der Waals surface area (Å²) >= 11 is 0. The molecule has 0 saturated heterocycles. The van der Waals surface area contributed by atoms with E-state index in [9.17, 15) is 9.90 Å². The molecule has 0 heterocycles. The second kappa shape index (κ2) is 4.05. The lowest BCUT2D eigenvalue weighted by atomic mass is 10.1. The van der Waals surface area contributed by atoms with Crippen molar-refractivity contribution in [1.29, 1.82) is 0 Å². The maximum atomic E-state index is 10.3. The van der Waals surface area contributed by atoms with Crippen LogP contribution in [0.3, 0.4) is 0 Å². The van der Waals surface area contributed by atoms with Crippen LogP contribution >= 0.6 is 0 Å². The van der Waals surface area contributed by atoms with Crippen molar-refractivity contribution in [2.24, 2.45) is 0 Å². The average Bonchev–Trinajstić information content (AvgIpc) is 2.13. The van der Waals surface area contributed by atoms with Crippen molar-refractivity contribution < 1.29 is 30.3 Å².